The van der Waals surface area contributed by atoms with Gasteiger partial charge >= 0.3 is 0 Å². The molecule has 0 bridgehead atoms. The molecule has 31 heavy (non-hydrogen) atoms. The Hall–Kier alpha value is -3.41. The molecule has 1 saturated heterocycles. The molecule has 0 spiro atoms. The van der Waals surface area contributed by atoms with Crippen LogP contribution in [0.5, 0.6) is 5.75 Å². The molecule has 2 heterocycles. The first kappa shape index (κ1) is 20.8. The van der Waals surface area contributed by atoms with Crippen molar-refractivity contribution >= 4 is 11.9 Å². The van der Waals surface area contributed by atoms with Gasteiger partial charge in [0.15, 0.2) is 0 Å². The van der Waals surface area contributed by atoms with Gasteiger partial charge in [-0.15, -0.1) is 0 Å². The van der Waals surface area contributed by atoms with E-state index in [4.69, 9.17) is 4.74 Å². The summed E-state index contributed by atoms with van der Waals surface area (Å²) in [4.78, 5) is 24.2. The Morgan fingerprint density at radius 1 is 1.00 bits per heavy atom. The molecule has 1 aliphatic heterocycles. The Balaban J connectivity index is 1.46. The van der Waals surface area contributed by atoms with Gasteiger partial charge in [0.2, 0.25) is 5.95 Å². The van der Waals surface area contributed by atoms with Crippen molar-refractivity contribution in [3.05, 3.63) is 72.1 Å². The van der Waals surface area contributed by atoms with Crippen molar-refractivity contribution in [3.63, 3.8) is 0 Å². The monoisotopic (exact) mass is 416 g/mol. The highest BCUT2D eigenvalue weighted by Crippen LogP contribution is 2.23. The zero-order valence-electron chi connectivity index (χ0n) is 18.0. The van der Waals surface area contributed by atoms with Gasteiger partial charge in [-0.25, -0.2) is 9.97 Å². The molecule has 1 atom stereocenters. The molecule has 2 aromatic carbocycles. The predicted octanol–water partition coefficient (Wildman–Crippen LogP) is 4.63. The lowest BCUT2D eigenvalue weighted by Gasteiger charge is -2.26. The fourth-order valence-corrected chi connectivity index (χ4v) is 3.84. The molecule has 0 aliphatic carbocycles. The van der Waals surface area contributed by atoms with E-state index in [1.54, 1.807) is 7.11 Å². The molecule has 3 aromatic rings. The van der Waals surface area contributed by atoms with Crippen molar-refractivity contribution in [2.45, 2.75) is 32.2 Å². The van der Waals surface area contributed by atoms with Crippen LogP contribution in [0.2, 0.25) is 0 Å². The van der Waals surface area contributed by atoms with Crippen LogP contribution in [0.3, 0.4) is 0 Å². The minimum Gasteiger partial charge on any atom is -0.497 e. The minimum absolute atomic E-state index is 0.122. The van der Waals surface area contributed by atoms with Gasteiger partial charge in [0.1, 0.15) is 5.75 Å². The van der Waals surface area contributed by atoms with E-state index >= 15 is 0 Å². The van der Waals surface area contributed by atoms with Gasteiger partial charge in [-0.2, -0.15) is 0 Å². The van der Waals surface area contributed by atoms with Crippen LogP contribution in [0.4, 0.5) is 5.95 Å². The van der Waals surface area contributed by atoms with E-state index in [0.717, 1.165) is 41.5 Å². The van der Waals surface area contributed by atoms with Crippen LogP contribution in [0.15, 0.2) is 60.9 Å². The van der Waals surface area contributed by atoms with Crippen LogP contribution in [0.25, 0.3) is 11.1 Å². The van der Waals surface area contributed by atoms with E-state index in [0.29, 0.717) is 5.56 Å². The quantitative estimate of drug-likeness (QED) is 0.634. The number of nitrogens with one attached hydrogen (secondary N) is 1. The fourth-order valence-electron chi connectivity index (χ4n) is 3.84. The average molecular weight is 417 g/mol. The summed E-state index contributed by atoms with van der Waals surface area (Å²) < 4.78 is 5.28. The highest BCUT2D eigenvalue weighted by atomic mass is 16.5. The number of methoxy groups -OCH3 is 1. The molecule has 1 N–H and O–H groups in total. The first-order valence-corrected chi connectivity index (χ1v) is 10.8. The maximum atomic E-state index is 12.8. The van der Waals surface area contributed by atoms with Crippen LogP contribution < -0.4 is 15.0 Å². The van der Waals surface area contributed by atoms with Gasteiger partial charge in [-0.3, -0.25) is 4.79 Å². The van der Waals surface area contributed by atoms with E-state index in [1.807, 2.05) is 67.8 Å². The maximum absolute atomic E-state index is 12.8. The second kappa shape index (κ2) is 9.60. The first-order chi connectivity index (χ1) is 15.1. The van der Waals surface area contributed by atoms with Crippen molar-refractivity contribution < 1.29 is 9.53 Å². The molecule has 0 radical (unpaired) electrons. The van der Waals surface area contributed by atoms with Crippen molar-refractivity contribution in [2.24, 2.45) is 0 Å². The highest BCUT2D eigenvalue weighted by Gasteiger charge is 2.15. The molecule has 6 nitrogen and oxygen atoms in total. The van der Waals surface area contributed by atoms with Gasteiger partial charge in [-0.1, -0.05) is 24.3 Å². The van der Waals surface area contributed by atoms with Crippen molar-refractivity contribution in [1.82, 2.24) is 15.3 Å². The molecule has 1 amide bonds. The SMILES string of the molecule is COc1cccc(C(C)NC(=O)c2cccc(-c3cnc(N4CCCCC4)nc3)c2)c1. The number of amides is 1. The van der Waals surface area contributed by atoms with E-state index < -0.39 is 0 Å². The third-order valence-electron chi connectivity index (χ3n) is 5.68. The lowest BCUT2D eigenvalue weighted by molar-refractivity contribution is 0.0940. The number of benzene rings is 2. The van der Waals surface area contributed by atoms with Crippen LogP contribution in [-0.2, 0) is 0 Å². The number of anilines is 1. The zero-order chi connectivity index (χ0) is 21.6. The number of hydrogen-bond donors (Lipinski definition) is 1. The number of carbonyl (C=O) groups excluding carboxylic acids is 1. The largest absolute Gasteiger partial charge is 0.497 e. The Morgan fingerprint density at radius 2 is 1.74 bits per heavy atom. The lowest BCUT2D eigenvalue weighted by atomic mass is 10.0. The third kappa shape index (κ3) is 5.02. The normalized spacial score (nSPS) is 14.7. The number of aromatic nitrogens is 2. The number of carbonyl (C=O) groups is 1. The topological polar surface area (TPSA) is 67.3 Å². The number of hydrogen-bond acceptors (Lipinski definition) is 5. The Morgan fingerprint density at radius 3 is 2.48 bits per heavy atom. The highest BCUT2D eigenvalue weighted by molar-refractivity contribution is 5.95. The molecule has 1 unspecified atom stereocenters. The molecule has 4 rings (SSSR count). The summed E-state index contributed by atoms with van der Waals surface area (Å²) in [6.07, 6.45) is 7.34. The van der Waals surface area contributed by atoms with Crippen LogP contribution >= 0.6 is 0 Å². The first-order valence-electron chi connectivity index (χ1n) is 10.8. The van der Waals surface area contributed by atoms with Gasteiger partial charge in [0.05, 0.1) is 13.2 Å². The van der Waals surface area contributed by atoms with Crippen LogP contribution in [0, 0.1) is 0 Å². The molecule has 1 aliphatic rings. The molecular weight excluding hydrogens is 388 g/mol. The third-order valence-corrected chi connectivity index (χ3v) is 5.68. The minimum atomic E-state index is -0.140. The summed E-state index contributed by atoms with van der Waals surface area (Å²) in [5.41, 5.74) is 3.42. The summed E-state index contributed by atoms with van der Waals surface area (Å²) in [6.45, 7) is 3.99. The smallest absolute Gasteiger partial charge is 0.251 e. The van der Waals surface area contributed by atoms with E-state index in [2.05, 4.69) is 20.2 Å². The summed E-state index contributed by atoms with van der Waals surface area (Å²) in [7, 11) is 1.64. The average Bonchev–Trinajstić information content (AvgIpc) is 2.84. The molecule has 1 fully saturated rings. The van der Waals surface area contributed by atoms with Crippen LogP contribution in [0.1, 0.15) is 48.1 Å². The van der Waals surface area contributed by atoms with Gasteiger partial charge < -0.3 is 15.0 Å². The fraction of sp³-hybridized carbons (Fsp3) is 0.320. The van der Waals surface area contributed by atoms with Gasteiger partial charge in [0.25, 0.3) is 5.91 Å². The Kier molecular flexibility index (Phi) is 6.46. The number of piperidine rings is 1. The van der Waals surface area contributed by atoms with Gasteiger partial charge in [0, 0.05) is 36.6 Å². The molecule has 160 valence electrons. The molecular formula is C25H28N4O2. The van der Waals surface area contributed by atoms with E-state index in [1.165, 1.54) is 19.3 Å². The van der Waals surface area contributed by atoms with Crippen molar-refractivity contribution in [2.75, 3.05) is 25.1 Å². The molecule has 1 aromatic heterocycles. The van der Waals surface area contributed by atoms with Crippen molar-refractivity contribution in [3.8, 4) is 16.9 Å². The van der Waals surface area contributed by atoms with E-state index in [9.17, 15) is 4.79 Å². The number of nitrogens with zero attached hydrogens (tertiary/aromatic N) is 3. The second-order valence-electron chi connectivity index (χ2n) is 7.87. The number of rotatable bonds is 6. The maximum Gasteiger partial charge on any atom is 0.251 e. The Labute approximate surface area is 183 Å². The Bertz CT molecular complexity index is 1030. The predicted molar refractivity (Wildman–Crippen MR) is 122 cm³/mol. The summed E-state index contributed by atoms with van der Waals surface area (Å²) in [5.74, 6) is 1.43. The van der Waals surface area contributed by atoms with Crippen LogP contribution in [-0.4, -0.2) is 36.1 Å². The zero-order valence-corrected chi connectivity index (χ0v) is 18.0. The van der Waals surface area contributed by atoms with Crippen molar-refractivity contribution in [1.29, 1.82) is 0 Å². The number of ether oxygens (including phenoxy) is 1. The lowest BCUT2D eigenvalue weighted by Crippen LogP contribution is -2.30. The molecule has 6 heteroatoms. The standard InChI is InChI=1S/C25H28N4O2/c1-18(19-8-7-11-23(15-19)31-2)28-24(30)21-10-6-9-20(14-21)22-16-26-25(27-17-22)29-12-4-3-5-13-29/h6-11,14-18H,3-5,12-13H2,1-2H3,(H,28,30). The summed E-state index contributed by atoms with van der Waals surface area (Å²) in [5, 5.41) is 3.06. The van der Waals surface area contributed by atoms with E-state index in [-0.39, 0.29) is 11.9 Å². The molecule has 0 saturated carbocycles. The summed E-state index contributed by atoms with van der Waals surface area (Å²) >= 11 is 0. The van der Waals surface area contributed by atoms with Gasteiger partial charge in [-0.05, 0) is 61.6 Å². The summed E-state index contributed by atoms with van der Waals surface area (Å²) in [6, 6.07) is 15.1. The second-order valence-corrected chi connectivity index (χ2v) is 7.87.